The van der Waals surface area contributed by atoms with Crippen LogP contribution in [0.5, 0.6) is 0 Å². The van der Waals surface area contributed by atoms with Crippen LogP contribution in [0.3, 0.4) is 0 Å². The van der Waals surface area contributed by atoms with Gasteiger partial charge in [-0.1, -0.05) is 18.2 Å². The second-order valence-electron chi connectivity index (χ2n) is 6.09. The number of hydrogen-bond donors (Lipinski definition) is 0. The monoisotopic (exact) mass is 284 g/mol. The molecular weight excluding hydrogens is 264 g/mol. The maximum Gasteiger partial charge on any atom is 0.258 e. The number of aryl methyl sites for hydroxylation is 1. The molecule has 2 fully saturated rings. The maximum atomic E-state index is 12.8. The summed E-state index contributed by atoms with van der Waals surface area (Å²) in [5.41, 5.74) is 1.54. The van der Waals surface area contributed by atoms with E-state index in [0.29, 0.717) is 0 Å². The molecule has 0 N–H and O–H groups in total. The molecule has 1 aliphatic heterocycles. The number of fused-ring (bicyclic) bond motifs is 1. The van der Waals surface area contributed by atoms with E-state index >= 15 is 0 Å². The van der Waals surface area contributed by atoms with Crippen LogP contribution in [0.1, 0.15) is 29.0 Å². The molecule has 0 atom stereocenters. The molecule has 1 amide bonds. The zero-order chi connectivity index (χ0) is 14.4. The number of carbonyl (C=O) groups is 1. The van der Waals surface area contributed by atoms with Crippen molar-refractivity contribution in [1.29, 1.82) is 0 Å². The highest BCUT2D eigenvalue weighted by atomic mass is 16.3. The van der Waals surface area contributed by atoms with Gasteiger partial charge in [0.2, 0.25) is 0 Å². The van der Waals surface area contributed by atoms with Gasteiger partial charge in [-0.3, -0.25) is 9.69 Å². The first-order chi connectivity index (χ1) is 10.2. The third-order valence-corrected chi connectivity index (χ3v) is 4.65. The van der Waals surface area contributed by atoms with Crippen LogP contribution in [0.25, 0.3) is 11.0 Å². The van der Waals surface area contributed by atoms with Crippen molar-refractivity contribution in [1.82, 2.24) is 9.80 Å². The summed E-state index contributed by atoms with van der Waals surface area (Å²) in [4.78, 5) is 17.3. The molecule has 4 nitrogen and oxygen atoms in total. The van der Waals surface area contributed by atoms with E-state index in [9.17, 15) is 4.79 Å². The quantitative estimate of drug-likeness (QED) is 0.850. The lowest BCUT2D eigenvalue weighted by Gasteiger charge is -2.34. The largest absolute Gasteiger partial charge is 0.461 e. The Morgan fingerprint density at radius 3 is 2.57 bits per heavy atom. The van der Waals surface area contributed by atoms with E-state index in [4.69, 9.17) is 4.42 Å². The van der Waals surface area contributed by atoms with E-state index in [0.717, 1.165) is 54.5 Å². The highest BCUT2D eigenvalue weighted by molar-refractivity contribution is 6.07. The highest BCUT2D eigenvalue weighted by Crippen LogP contribution is 2.29. The topological polar surface area (TPSA) is 36.7 Å². The van der Waals surface area contributed by atoms with Crippen molar-refractivity contribution in [2.75, 3.05) is 26.2 Å². The zero-order valence-corrected chi connectivity index (χ0v) is 12.3. The molecule has 1 aromatic carbocycles. The fourth-order valence-electron chi connectivity index (χ4n) is 3.32. The Balaban J connectivity index is 1.57. The summed E-state index contributed by atoms with van der Waals surface area (Å²) < 4.78 is 5.72. The lowest BCUT2D eigenvalue weighted by Crippen LogP contribution is -2.49. The number of hydrogen-bond acceptors (Lipinski definition) is 3. The lowest BCUT2D eigenvalue weighted by molar-refractivity contribution is 0.0627. The van der Waals surface area contributed by atoms with Gasteiger partial charge in [0.25, 0.3) is 5.91 Å². The summed E-state index contributed by atoms with van der Waals surface area (Å²) in [5.74, 6) is 0.846. The average molecular weight is 284 g/mol. The van der Waals surface area contributed by atoms with Crippen LogP contribution in [0, 0.1) is 6.92 Å². The highest BCUT2D eigenvalue weighted by Gasteiger charge is 2.33. The first kappa shape index (κ1) is 12.9. The molecule has 0 spiro atoms. The first-order valence-electron chi connectivity index (χ1n) is 7.75. The standard InChI is InChI=1S/C17H20N2O2/c1-12-16(14-4-2-3-5-15(14)21-12)17(20)19-10-8-18(9-11-19)13-6-7-13/h2-5,13H,6-11H2,1H3. The summed E-state index contributed by atoms with van der Waals surface area (Å²) in [5, 5.41) is 0.935. The molecule has 0 unspecified atom stereocenters. The van der Waals surface area contributed by atoms with E-state index in [1.54, 1.807) is 0 Å². The molecule has 21 heavy (non-hydrogen) atoms. The molecule has 1 aliphatic carbocycles. The van der Waals surface area contributed by atoms with Crippen LogP contribution >= 0.6 is 0 Å². The predicted octanol–water partition coefficient (Wildman–Crippen LogP) is 2.66. The first-order valence-corrected chi connectivity index (χ1v) is 7.75. The second-order valence-corrected chi connectivity index (χ2v) is 6.09. The SMILES string of the molecule is Cc1oc2ccccc2c1C(=O)N1CCN(C2CC2)CC1. The normalized spacial score (nSPS) is 20.1. The van der Waals surface area contributed by atoms with Crippen LogP contribution in [0.2, 0.25) is 0 Å². The van der Waals surface area contributed by atoms with Crippen LogP contribution in [-0.2, 0) is 0 Å². The van der Waals surface area contributed by atoms with Gasteiger partial charge in [0, 0.05) is 37.6 Å². The van der Waals surface area contributed by atoms with E-state index in [1.165, 1.54) is 12.8 Å². The summed E-state index contributed by atoms with van der Waals surface area (Å²) in [7, 11) is 0. The van der Waals surface area contributed by atoms with Gasteiger partial charge in [0.15, 0.2) is 0 Å². The Labute approximate surface area is 124 Å². The number of nitrogens with zero attached hydrogens (tertiary/aromatic N) is 2. The van der Waals surface area contributed by atoms with Crippen molar-refractivity contribution in [2.24, 2.45) is 0 Å². The number of piperazine rings is 1. The van der Waals surface area contributed by atoms with Gasteiger partial charge >= 0.3 is 0 Å². The van der Waals surface area contributed by atoms with Crippen molar-refractivity contribution in [3.05, 3.63) is 35.6 Å². The summed E-state index contributed by atoms with van der Waals surface area (Å²) in [6.45, 7) is 5.55. The van der Waals surface area contributed by atoms with Gasteiger partial charge in [-0.2, -0.15) is 0 Å². The molecule has 1 aromatic heterocycles. The molecule has 0 radical (unpaired) electrons. The number of furan rings is 1. The summed E-state index contributed by atoms with van der Waals surface area (Å²) in [6.07, 6.45) is 2.67. The van der Waals surface area contributed by atoms with Crippen LogP contribution < -0.4 is 0 Å². The smallest absolute Gasteiger partial charge is 0.258 e. The third-order valence-electron chi connectivity index (χ3n) is 4.65. The lowest BCUT2D eigenvalue weighted by atomic mass is 10.1. The van der Waals surface area contributed by atoms with Gasteiger partial charge in [-0.15, -0.1) is 0 Å². The molecular formula is C17H20N2O2. The van der Waals surface area contributed by atoms with Gasteiger partial charge in [0.1, 0.15) is 11.3 Å². The number of amides is 1. The van der Waals surface area contributed by atoms with Crippen LogP contribution in [0.15, 0.2) is 28.7 Å². The van der Waals surface area contributed by atoms with Crippen molar-refractivity contribution in [3.8, 4) is 0 Å². The summed E-state index contributed by atoms with van der Waals surface area (Å²) in [6, 6.07) is 8.58. The van der Waals surface area contributed by atoms with E-state index < -0.39 is 0 Å². The van der Waals surface area contributed by atoms with Crippen molar-refractivity contribution >= 4 is 16.9 Å². The van der Waals surface area contributed by atoms with Crippen molar-refractivity contribution in [3.63, 3.8) is 0 Å². The Hall–Kier alpha value is -1.81. The van der Waals surface area contributed by atoms with Crippen molar-refractivity contribution < 1.29 is 9.21 Å². The van der Waals surface area contributed by atoms with Crippen LogP contribution in [-0.4, -0.2) is 47.9 Å². The Bertz CT molecular complexity index is 679. The van der Waals surface area contributed by atoms with E-state index in [-0.39, 0.29) is 5.91 Å². The number of carbonyl (C=O) groups excluding carboxylic acids is 1. The van der Waals surface area contributed by atoms with Gasteiger partial charge in [-0.25, -0.2) is 0 Å². The molecule has 1 saturated heterocycles. The fourth-order valence-corrected chi connectivity index (χ4v) is 3.32. The van der Waals surface area contributed by atoms with E-state index in [2.05, 4.69) is 4.90 Å². The number of benzene rings is 1. The summed E-state index contributed by atoms with van der Waals surface area (Å²) >= 11 is 0. The van der Waals surface area contributed by atoms with E-state index in [1.807, 2.05) is 36.1 Å². The minimum absolute atomic E-state index is 0.118. The molecule has 4 rings (SSSR count). The van der Waals surface area contributed by atoms with Crippen molar-refractivity contribution in [2.45, 2.75) is 25.8 Å². The third kappa shape index (κ3) is 2.23. The minimum Gasteiger partial charge on any atom is -0.461 e. The van der Waals surface area contributed by atoms with Gasteiger partial charge in [-0.05, 0) is 25.8 Å². The molecule has 2 aromatic rings. The molecule has 4 heteroatoms. The minimum atomic E-state index is 0.118. The molecule has 2 aliphatic rings. The number of rotatable bonds is 2. The van der Waals surface area contributed by atoms with Crippen LogP contribution in [0.4, 0.5) is 0 Å². The Morgan fingerprint density at radius 2 is 1.86 bits per heavy atom. The average Bonchev–Trinajstić information content (AvgIpc) is 3.29. The van der Waals surface area contributed by atoms with Gasteiger partial charge < -0.3 is 9.32 Å². The Kier molecular flexibility index (Phi) is 3.00. The molecule has 110 valence electrons. The fraction of sp³-hybridized carbons (Fsp3) is 0.471. The van der Waals surface area contributed by atoms with Gasteiger partial charge in [0.05, 0.1) is 5.56 Å². The zero-order valence-electron chi connectivity index (χ0n) is 12.3. The molecule has 0 bridgehead atoms. The second kappa shape index (κ2) is 4.88. The molecule has 1 saturated carbocycles. The number of para-hydroxylation sites is 1. The molecule has 2 heterocycles. The Morgan fingerprint density at radius 1 is 1.14 bits per heavy atom. The maximum absolute atomic E-state index is 12.8. The predicted molar refractivity (Wildman–Crippen MR) is 81.4 cm³/mol.